The molecule has 1 aromatic heterocycles. The summed E-state index contributed by atoms with van der Waals surface area (Å²) < 4.78 is 12.3. The Morgan fingerprint density at radius 1 is 0.947 bits per heavy atom. The standard InChI is InChI=1S/C30H32N4O4/c1-21-9-13-24(14-10-21)34-19-27(23-11-15-25(38-4)16-12-23)31-30(34)32-28(35)20-33(17-18-37-3)29(36)26-8-6-5-7-22(26)2/h5-16,19H,17-18,20H2,1-4H3,(H,31,32,35). The summed E-state index contributed by atoms with van der Waals surface area (Å²) in [5, 5.41) is 2.92. The van der Waals surface area contributed by atoms with Crippen molar-refractivity contribution in [3.8, 4) is 22.7 Å². The Morgan fingerprint density at radius 2 is 1.66 bits per heavy atom. The number of aryl methyl sites for hydroxylation is 2. The van der Waals surface area contributed by atoms with Crippen molar-refractivity contribution < 1.29 is 19.1 Å². The zero-order valence-corrected chi connectivity index (χ0v) is 22.1. The van der Waals surface area contributed by atoms with Crippen molar-refractivity contribution in [3.63, 3.8) is 0 Å². The van der Waals surface area contributed by atoms with Gasteiger partial charge in [0, 0.05) is 36.7 Å². The van der Waals surface area contributed by atoms with Crippen LogP contribution in [0.2, 0.25) is 0 Å². The van der Waals surface area contributed by atoms with Gasteiger partial charge in [0.25, 0.3) is 5.91 Å². The van der Waals surface area contributed by atoms with Crippen LogP contribution in [0.5, 0.6) is 5.75 Å². The van der Waals surface area contributed by atoms with Crippen LogP contribution in [-0.4, -0.2) is 60.2 Å². The van der Waals surface area contributed by atoms with E-state index in [0.717, 1.165) is 28.1 Å². The third-order valence-electron chi connectivity index (χ3n) is 6.22. The van der Waals surface area contributed by atoms with Crippen molar-refractivity contribution in [1.82, 2.24) is 14.5 Å². The van der Waals surface area contributed by atoms with E-state index in [2.05, 4.69) is 5.32 Å². The van der Waals surface area contributed by atoms with Crippen LogP contribution in [0, 0.1) is 13.8 Å². The first-order valence-electron chi connectivity index (χ1n) is 12.3. The van der Waals surface area contributed by atoms with Gasteiger partial charge in [0.15, 0.2) is 0 Å². The second-order valence-corrected chi connectivity index (χ2v) is 8.97. The minimum Gasteiger partial charge on any atom is -0.497 e. The minimum atomic E-state index is -0.358. The summed E-state index contributed by atoms with van der Waals surface area (Å²) in [4.78, 5) is 32.8. The molecule has 196 valence electrons. The van der Waals surface area contributed by atoms with Crippen molar-refractivity contribution in [2.45, 2.75) is 13.8 Å². The van der Waals surface area contributed by atoms with Gasteiger partial charge in [-0.3, -0.25) is 19.5 Å². The molecular weight excluding hydrogens is 480 g/mol. The van der Waals surface area contributed by atoms with Crippen LogP contribution in [0.4, 0.5) is 5.95 Å². The van der Waals surface area contributed by atoms with Crippen LogP contribution in [0.3, 0.4) is 0 Å². The number of carbonyl (C=O) groups is 2. The van der Waals surface area contributed by atoms with E-state index < -0.39 is 0 Å². The summed E-state index contributed by atoms with van der Waals surface area (Å²) in [6.45, 7) is 4.34. The molecule has 2 amide bonds. The SMILES string of the molecule is COCCN(CC(=O)Nc1nc(-c2ccc(OC)cc2)cn1-c1ccc(C)cc1)C(=O)c1ccccc1C. The molecule has 1 heterocycles. The molecule has 1 N–H and O–H groups in total. The first kappa shape index (κ1) is 26.6. The lowest BCUT2D eigenvalue weighted by Crippen LogP contribution is -2.40. The maximum absolute atomic E-state index is 13.3. The zero-order valence-electron chi connectivity index (χ0n) is 22.1. The lowest BCUT2D eigenvalue weighted by Gasteiger charge is -2.22. The molecule has 0 aliphatic carbocycles. The highest BCUT2D eigenvalue weighted by Gasteiger charge is 2.22. The van der Waals surface area contributed by atoms with Gasteiger partial charge in [0.2, 0.25) is 11.9 Å². The molecule has 0 aliphatic rings. The highest BCUT2D eigenvalue weighted by molar-refractivity contribution is 6.00. The molecule has 8 nitrogen and oxygen atoms in total. The quantitative estimate of drug-likeness (QED) is 0.327. The summed E-state index contributed by atoms with van der Waals surface area (Å²) >= 11 is 0. The Labute approximate surface area is 222 Å². The monoisotopic (exact) mass is 512 g/mol. The summed E-state index contributed by atoms with van der Waals surface area (Å²) in [6, 6.07) is 22.8. The van der Waals surface area contributed by atoms with Gasteiger partial charge in [0.05, 0.1) is 19.4 Å². The van der Waals surface area contributed by atoms with Gasteiger partial charge in [-0.15, -0.1) is 0 Å². The molecule has 38 heavy (non-hydrogen) atoms. The molecular formula is C30H32N4O4. The number of benzene rings is 3. The second kappa shape index (κ2) is 12.2. The van der Waals surface area contributed by atoms with Gasteiger partial charge >= 0.3 is 0 Å². The number of rotatable bonds is 10. The number of ether oxygens (including phenoxy) is 2. The predicted octanol–water partition coefficient (Wildman–Crippen LogP) is 4.89. The van der Waals surface area contributed by atoms with Crippen LogP contribution < -0.4 is 10.1 Å². The number of nitrogens with one attached hydrogen (secondary N) is 1. The molecule has 0 radical (unpaired) electrons. The van der Waals surface area contributed by atoms with E-state index in [9.17, 15) is 9.59 Å². The molecule has 3 aromatic carbocycles. The summed E-state index contributed by atoms with van der Waals surface area (Å²) in [5.74, 6) is 0.522. The summed E-state index contributed by atoms with van der Waals surface area (Å²) in [6.07, 6.45) is 1.88. The Morgan fingerprint density at radius 3 is 2.32 bits per heavy atom. The van der Waals surface area contributed by atoms with Crippen LogP contribution >= 0.6 is 0 Å². The van der Waals surface area contributed by atoms with E-state index in [1.807, 2.05) is 91.3 Å². The first-order valence-corrected chi connectivity index (χ1v) is 12.3. The van der Waals surface area contributed by atoms with E-state index in [1.54, 1.807) is 20.3 Å². The Bertz CT molecular complexity index is 1390. The van der Waals surface area contributed by atoms with Crippen LogP contribution in [0.1, 0.15) is 21.5 Å². The molecule has 0 spiro atoms. The molecule has 0 aliphatic heterocycles. The van der Waals surface area contributed by atoms with Gasteiger partial charge in [-0.1, -0.05) is 35.9 Å². The molecule has 0 atom stereocenters. The number of hydrogen-bond acceptors (Lipinski definition) is 5. The molecule has 0 saturated heterocycles. The average molecular weight is 513 g/mol. The molecule has 8 heteroatoms. The zero-order chi connectivity index (χ0) is 27.1. The fourth-order valence-electron chi connectivity index (χ4n) is 4.05. The van der Waals surface area contributed by atoms with E-state index in [1.165, 1.54) is 4.90 Å². The minimum absolute atomic E-state index is 0.144. The highest BCUT2D eigenvalue weighted by atomic mass is 16.5. The lowest BCUT2D eigenvalue weighted by molar-refractivity contribution is -0.117. The summed E-state index contributed by atoms with van der Waals surface area (Å²) in [7, 11) is 3.18. The van der Waals surface area contributed by atoms with Crippen LogP contribution in [0.25, 0.3) is 16.9 Å². The molecule has 0 bridgehead atoms. The average Bonchev–Trinajstić information content (AvgIpc) is 3.34. The molecule has 4 aromatic rings. The van der Waals surface area contributed by atoms with Gasteiger partial charge in [0.1, 0.15) is 12.3 Å². The molecule has 0 unspecified atom stereocenters. The second-order valence-electron chi connectivity index (χ2n) is 8.97. The molecule has 0 saturated carbocycles. The van der Waals surface area contributed by atoms with Crippen LogP contribution in [-0.2, 0) is 9.53 Å². The maximum atomic E-state index is 13.3. The van der Waals surface area contributed by atoms with Crippen LogP contribution in [0.15, 0.2) is 79.0 Å². The third-order valence-corrected chi connectivity index (χ3v) is 6.22. The largest absolute Gasteiger partial charge is 0.497 e. The normalized spacial score (nSPS) is 10.7. The Hall–Kier alpha value is -4.43. The lowest BCUT2D eigenvalue weighted by atomic mass is 10.1. The smallest absolute Gasteiger partial charge is 0.254 e. The molecule has 4 rings (SSSR count). The fourth-order valence-corrected chi connectivity index (χ4v) is 4.05. The Balaban J connectivity index is 1.61. The van der Waals surface area contributed by atoms with Crippen molar-refractivity contribution in [1.29, 1.82) is 0 Å². The van der Waals surface area contributed by atoms with E-state index >= 15 is 0 Å². The van der Waals surface area contributed by atoms with Gasteiger partial charge in [-0.05, 0) is 61.9 Å². The van der Waals surface area contributed by atoms with Gasteiger partial charge in [-0.2, -0.15) is 0 Å². The van der Waals surface area contributed by atoms with Crippen molar-refractivity contribution in [2.24, 2.45) is 0 Å². The number of hydrogen-bond donors (Lipinski definition) is 1. The van der Waals surface area contributed by atoms with Gasteiger partial charge < -0.3 is 14.4 Å². The predicted molar refractivity (Wildman–Crippen MR) is 148 cm³/mol. The van der Waals surface area contributed by atoms with E-state index in [-0.39, 0.29) is 24.9 Å². The van der Waals surface area contributed by atoms with E-state index in [0.29, 0.717) is 23.8 Å². The first-order chi connectivity index (χ1) is 18.4. The third kappa shape index (κ3) is 6.27. The summed E-state index contributed by atoms with van der Waals surface area (Å²) in [5.41, 5.74) is 4.95. The number of imidazole rings is 1. The van der Waals surface area contributed by atoms with Gasteiger partial charge in [-0.25, -0.2) is 4.98 Å². The Kier molecular flexibility index (Phi) is 8.55. The number of carbonyl (C=O) groups excluding carboxylic acids is 2. The number of aromatic nitrogens is 2. The topological polar surface area (TPSA) is 85.7 Å². The van der Waals surface area contributed by atoms with E-state index in [4.69, 9.17) is 14.5 Å². The maximum Gasteiger partial charge on any atom is 0.254 e. The highest BCUT2D eigenvalue weighted by Crippen LogP contribution is 2.26. The number of nitrogens with zero attached hydrogens (tertiary/aromatic N) is 3. The number of methoxy groups -OCH3 is 2. The fraction of sp³-hybridized carbons (Fsp3) is 0.233. The number of anilines is 1. The number of amides is 2. The van der Waals surface area contributed by atoms with Crippen molar-refractivity contribution in [2.75, 3.05) is 39.2 Å². The van der Waals surface area contributed by atoms with Crippen molar-refractivity contribution >= 4 is 17.8 Å². The van der Waals surface area contributed by atoms with Crippen molar-refractivity contribution in [3.05, 3.63) is 95.7 Å². The molecule has 0 fully saturated rings.